The summed E-state index contributed by atoms with van der Waals surface area (Å²) >= 11 is 0. The highest BCUT2D eigenvalue weighted by atomic mass is 35.5. The number of hydrogen-bond acceptors (Lipinski definition) is 2. The van der Waals surface area contributed by atoms with Crippen molar-refractivity contribution in [3.8, 4) is 0 Å². The van der Waals surface area contributed by atoms with Crippen LogP contribution in [0.3, 0.4) is 0 Å². The molecule has 2 fully saturated rings. The molecule has 0 aromatic heterocycles. The largest absolute Gasteiger partial charge is 0.416 e. The van der Waals surface area contributed by atoms with E-state index in [1.54, 1.807) is 6.07 Å². The molecule has 1 saturated heterocycles. The van der Waals surface area contributed by atoms with Gasteiger partial charge in [-0.3, -0.25) is 4.79 Å². The molecule has 0 spiro atoms. The fourth-order valence-corrected chi connectivity index (χ4v) is 4.26. The van der Waals surface area contributed by atoms with Crippen LogP contribution >= 0.6 is 12.4 Å². The van der Waals surface area contributed by atoms with Gasteiger partial charge in [-0.05, 0) is 42.9 Å². The molecule has 0 radical (unpaired) electrons. The molecule has 7 heteroatoms. The molecule has 1 aliphatic carbocycles. The number of alkyl halides is 3. The number of halogens is 4. The van der Waals surface area contributed by atoms with Crippen LogP contribution in [-0.2, 0) is 16.4 Å². The van der Waals surface area contributed by atoms with Crippen LogP contribution in [0.4, 0.5) is 13.2 Å². The number of nitrogens with zero attached hydrogens (tertiary/aromatic N) is 1. The highest BCUT2D eigenvalue weighted by Crippen LogP contribution is 2.45. The zero-order valence-electron chi connectivity index (χ0n) is 14.9. The smallest absolute Gasteiger partial charge is 0.341 e. The molecule has 1 atom stereocenters. The first-order valence-corrected chi connectivity index (χ1v) is 8.87. The lowest BCUT2D eigenvalue weighted by Crippen LogP contribution is -2.45. The van der Waals surface area contributed by atoms with Crippen molar-refractivity contribution in [3.05, 3.63) is 35.4 Å². The Morgan fingerprint density at radius 3 is 2.42 bits per heavy atom. The van der Waals surface area contributed by atoms with Gasteiger partial charge < -0.3 is 10.6 Å². The second kappa shape index (κ2) is 7.39. The Kier molecular flexibility index (Phi) is 5.98. The number of amides is 1. The van der Waals surface area contributed by atoms with E-state index in [9.17, 15) is 18.0 Å². The second-order valence-corrected chi connectivity index (χ2v) is 7.86. The first kappa shape index (κ1) is 21.0. The molecule has 2 aliphatic rings. The molecule has 2 N–H and O–H groups in total. The predicted molar refractivity (Wildman–Crippen MR) is 97.2 cm³/mol. The number of carbonyl (C=O) groups excluding carboxylic acids is 1. The molecule has 3 nitrogen and oxygen atoms in total. The van der Waals surface area contributed by atoms with E-state index in [0.717, 1.165) is 25.3 Å². The average Bonchev–Trinajstić information content (AvgIpc) is 3.22. The summed E-state index contributed by atoms with van der Waals surface area (Å²) in [6, 6.07) is 5.33. The maximum absolute atomic E-state index is 13.3. The lowest BCUT2D eigenvalue weighted by molar-refractivity contribution is -0.139. The van der Waals surface area contributed by atoms with Crippen LogP contribution in [0.15, 0.2) is 24.3 Å². The van der Waals surface area contributed by atoms with Crippen molar-refractivity contribution in [3.63, 3.8) is 0 Å². The molecular formula is C19H26ClF3N2O. The lowest BCUT2D eigenvalue weighted by Gasteiger charge is -2.34. The Morgan fingerprint density at radius 1 is 1.23 bits per heavy atom. The number of rotatable bonds is 3. The van der Waals surface area contributed by atoms with Crippen molar-refractivity contribution in [2.75, 3.05) is 19.6 Å². The van der Waals surface area contributed by atoms with Crippen molar-refractivity contribution < 1.29 is 18.0 Å². The zero-order valence-corrected chi connectivity index (χ0v) is 15.8. The molecule has 26 heavy (non-hydrogen) atoms. The van der Waals surface area contributed by atoms with Crippen LogP contribution < -0.4 is 5.73 Å². The molecule has 1 aromatic carbocycles. The van der Waals surface area contributed by atoms with Crippen LogP contribution in [0.5, 0.6) is 0 Å². The molecule has 1 heterocycles. The molecule has 0 bridgehead atoms. The minimum Gasteiger partial charge on any atom is -0.341 e. The van der Waals surface area contributed by atoms with Crippen LogP contribution in [-0.4, -0.2) is 30.4 Å². The Balaban J connectivity index is 0.00000243. The van der Waals surface area contributed by atoms with Crippen LogP contribution in [0.1, 0.15) is 50.2 Å². The topological polar surface area (TPSA) is 46.3 Å². The summed E-state index contributed by atoms with van der Waals surface area (Å²) in [4.78, 5) is 15.2. The SMILES string of the molecule is CC1(CN)CCN(C(=O)C2(c3cccc(C(F)(F)F)c3)CCCC2)C1.Cl. The first-order chi connectivity index (χ1) is 11.7. The van der Waals surface area contributed by atoms with Gasteiger partial charge in [-0.25, -0.2) is 0 Å². The molecule has 146 valence electrons. The quantitative estimate of drug-likeness (QED) is 0.843. The van der Waals surface area contributed by atoms with Gasteiger partial charge in [0.05, 0.1) is 11.0 Å². The summed E-state index contributed by atoms with van der Waals surface area (Å²) in [6.45, 7) is 3.79. The number of likely N-dealkylation sites (tertiary alicyclic amines) is 1. The summed E-state index contributed by atoms with van der Waals surface area (Å²) in [5.74, 6) is -0.0264. The van der Waals surface area contributed by atoms with E-state index in [1.165, 1.54) is 12.1 Å². The van der Waals surface area contributed by atoms with Gasteiger partial charge in [0, 0.05) is 13.1 Å². The van der Waals surface area contributed by atoms with Gasteiger partial charge in [-0.2, -0.15) is 13.2 Å². The Hall–Kier alpha value is -1.27. The molecule has 1 unspecified atom stereocenters. The summed E-state index contributed by atoms with van der Waals surface area (Å²) in [6.07, 6.45) is -0.599. The minimum atomic E-state index is -4.40. The van der Waals surface area contributed by atoms with Crippen molar-refractivity contribution in [1.82, 2.24) is 4.90 Å². The highest BCUT2D eigenvalue weighted by molar-refractivity contribution is 5.89. The van der Waals surface area contributed by atoms with Crippen LogP contribution in [0, 0.1) is 5.41 Å². The van der Waals surface area contributed by atoms with Gasteiger partial charge in [0.15, 0.2) is 0 Å². The third-order valence-electron chi connectivity index (χ3n) is 5.95. The second-order valence-electron chi connectivity index (χ2n) is 7.86. The number of nitrogens with two attached hydrogens (primary N) is 1. The summed E-state index contributed by atoms with van der Waals surface area (Å²) in [7, 11) is 0. The van der Waals surface area contributed by atoms with Crippen molar-refractivity contribution in [1.29, 1.82) is 0 Å². The monoisotopic (exact) mass is 390 g/mol. The maximum atomic E-state index is 13.3. The van der Waals surface area contributed by atoms with Gasteiger partial charge in [0.25, 0.3) is 0 Å². The van der Waals surface area contributed by atoms with Crippen molar-refractivity contribution >= 4 is 18.3 Å². The fourth-order valence-electron chi connectivity index (χ4n) is 4.26. The first-order valence-electron chi connectivity index (χ1n) is 8.87. The van der Waals surface area contributed by atoms with Gasteiger partial charge in [0.2, 0.25) is 5.91 Å². The molecule has 1 aliphatic heterocycles. The summed E-state index contributed by atoms with van der Waals surface area (Å²) in [5.41, 5.74) is 4.74. The molecule has 1 saturated carbocycles. The normalized spacial score (nSPS) is 25.2. The van der Waals surface area contributed by atoms with Crippen LogP contribution in [0.25, 0.3) is 0 Å². The van der Waals surface area contributed by atoms with Gasteiger partial charge >= 0.3 is 6.18 Å². The van der Waals surface area contributed by atoms with E-state index in [-0.39, 0.29) is 23.7 Å². The number of hydrogen-bond donors (Lipinski definition) is 1. The third kappa shape index (κ3) is 3.72. The Morgan fingerprint density at radius 2 is 1.88 bits per heavy atom. The van der Waals surface area contributed by atoms with Gasteiger partial charge in [0.1, 0.15) is 0 Å². The average molecular weight is 391 g/mol. The Bertz CT molecular complexity index is 658. The minimum absolute atomic E-state index is 0. The molecule has 3 rings (SSSR count). The highest BCUT2D eigenvalue weighted by Gasteiger charge is 2.48. The van der Waals surface area contributed by atoms with Crippen molar-refractivity contribution in [2.45, 2.75) is 50.6 Å². The third-order valence-corrected chi connectivity index (χ3v) is 5.95. The fraction of sp³-hybridized carbons (Fsp3) is 0.632. The van der Waals surface area contributed by atoms with Crippen molar-refractivity contribution in [2.24, 2.45) is 11.1 Å². The van der Waals surface area contributed by atoms with Gasteiger partial charge in [-0.15, -0.1) is 12.4 Å². The predicted octanol–water partition coefficient (Wildman–Crippen LogP) is 4.14. The molecular weight excluding hydrogens is 365 g/mol. The van der Waals surface area contributed by atoms with E-state index in [1.807, 2.05) is 4.90 Å². The van der Waals surface area contributed by atoms with E-state index < -0.39 is 17.2 Å². The summed E-state index contributed by atoms with van der Waals surface area (Å²) < 4.78 is 39.4. The Labute approximate surface area is 158 Å². The number of carbonyl (C=O) groups is 1. The zero-order chi connectivity index (χ0) is 18.3. The molecule has 1 amide bonds. The van der Waals surface area contributed by atoms with E-state index in [2.05, 4.69) is 6.92 Å². The molecule has 1 aromatic rings. The van der Waals surface area contributed by atoms with E-state index in [4.69, 9.17) is 5.73 Å². The van der Waals surface area contributed by atoms with E-state index in [0.29, 0.717) is 38.0 Å². The van der Waals surface area contributed by atoms with Gasteiger partial charge in [-0.1, -0.05) is 38.0 Å². The number of benzene rings is 1. The standard InChI is InChI=1S/C19H25F3N2O.ClH/c1-17(12-23)9-10-24(13-17)16(25)18(7-2-3-8-18)14-5-4-6-15(11-14)19(20,21)22;/h4-6,11H,2-3,7-10,12-13,23H2,1H3;1H. The maximum Gasteiger partial charge on any atom is 0.416 e. The lowest BCUT2D eigenvalue weighted by atomic mass is 9.77. The summed E-state index contributed by atoms with van der Waals surface area (Å²) in [5, 5.41) is 0. The van der Waals surface area contributed by atoms with Crippen LogP contribution in [0.2, 0.25) is 0 Å². The van der Waals surface area contributed by atoms with E-state index >= 15 is 0 Å².